The second-order valence-electron chi connectivity index (χ2n) is 6.51. The zero-order valence-corrected chi connectivity index (χ0v) is 13.9. The summed E-state index contributed by atoms with van der Waals surface area (Å²) in [5, 5.41) is 9.10. The Balaban J connectivity index is 1.64. The van der Waals surface area contributed by atoms with E-state index in [9.17, 15) is 4.79 Å². The Kier molecular flexibility index (Phi) is 5.04. The third-order valence-corrected chi connectivity index (χ3v) is 4.45. The Bertz CT molecular complexity index is 669. The van der Waals surface area contributed by atoms with Crippen LogP contribution in [-0.2, 0) is 11.4 Å². The van der Waals surface area contributed by atoms with Crippen LogP contribution in [0, 0.1) is 5.92 Å². The lowest BCUT2D eigenvalue weighted by Gasteiger charge is -2.26. The zero-order chi connectivity index (χ0) is 16.9. The van der Waals surface area contributed by atoms with Crippen molar-refractivity contribution in [2.24, 2.45) is 5.92 Å². The van der Waals surface area contributed by atoms with Gasteiger partial charge in [-0.2, -0.15) is 0 Å². The molecule has 4 heteroatoms. The van der Waals surface area contributed by atoms with Crippen LogP contribution in [0.25, 0.3) is 0 Å². The number of rotatable bonds is 6. The standard InChI is InChI=1S/C20H23NO3/c1-15-11-18(12-20(22)23)21(13-15)17-7-9-19(10-8-17)24-14-16-5-3-2-4-6-16/h2-10,15,18H,11-14H2,1H3,(H,22,23). The van der Waals surface area contributed by atoms with E-state index in [1.165, 1.54) is 0 Å². The Morgan fingerprint density at radius 2 is 1.88 bits per heavy atom. The van der Waals surface area contributed by atoms with E-state index in [2.05, 4.69) is 11.8 Å². The summed E-state index contributed by atoms with van der Waals surface area (Å²) in [5.74, 6) is 0.606. The van der Waals surface area contributed by atoms with Crippen LogP contribution in [0.4, 0.5) is 5.69 Å². The summed E-state index contributed by atoms with van der Waals surface area (Å²) >= 11 is 0. The van der Waals surface area contributed by atoms with E-state index in [4.69, 9.17) is 9.84 Å². The number of carbonyl (C=O) groups is 1. The Labute approximate surface area is 142 Å². The number of benzene rings is 2. The minimum absolute atomic E-state index is 0.0774. The maximum absolute atomic E-state index is 11.1. The van der Waals surface area contributed by atoms with Gasteiger partial charge < -0.3 is 14.7 Å². The van der Waals surface area contributed by atoms with Gasteiger partial charge in [-0.25, -0.2) is 0 Å². The molecule has 1 aliphatic heterocycles. The van der Waals surface area contributed by atoms with E-state index < -0.39 is 5.97 Å². The molecule has 0 amide bonds. The molecule has 2 aromatic carbocycles. The lowest BCUT2D eigenvalue weighted by atomic mass is 10.1. The van der Waals surface area contributed by atoms with Crippen molar-refractivity contribution in [3.63, 3.8) is 0 Å². The molecular weight excluding hydrogens is 302 g/mol. The Hall–Kier alpha value is -2.49. The molecule has 0 radical (unpaired) electrons. The van der Waals surface area contributed by atoms with Crippen molar-refractivity contribution in [1.82, 2.24) is 0 Å². The fourth-order valence-electron chi connectivity index (χ4n) is 3.34. The topological polar surface area (TPSA) is 49.8 Å². The average Bonchev–Trinajstić information content (AvgIpc) is 2.94. The number of carboxylic acids is 1. The van der Waals surface area contributed by atoms with Crippen LogP contribution in [0.3, 0.4) is 0 Å². The van der Waals surface area contributed by atoms with Gasteiger partial charge in [-0.05, 0) is 42.2 Å². The third-order valence-electron chi connectivity index (χ3n) is 4.45. The molecule has 1 saturated heterocycles. The number of hydrogen-bond acceptors (Lipinski definition) is 3. The molecule has 0 aromatic heterocycles. The van der Waals surface area contributed by atoms with Gasteiger partial charge in [0.25, 0.3) is 0 Å². The van der Waals surface area contributed by atoms with Gasteiger partial charge >= 0.3 is 5.97 Å². The van der Waals surface area contributed by atoms with Gasteiger partial charge in [0.1, 0.15) is 12.4 Å². The van der Waals surface area contributed by atoms with Crippen molar-refractivity contribution >= 4 is 11.7 Å². The van der Waals surface area contributed by atoms with Crippen LogP contribution < -0.4 is 9.64 Å². The number of anilines is 1. The molecule has 0 saturated carbocycles. The molecule has 0 spiro atoms. The third kappa shape index (κ3) is 4.07. The van der Waals surface area contributed by atoms with Crippen molar-refractivity contribution in [2.45, 2.75) is 32.4 Å². The number of aliphatic carboxylic acids is 1. The highest BCUT2D eigenvalue weighted by atomic mass is 16.5. The molecule has 24 heavy (non-hydrogen) atoms. The lowest BCUT2D eigenvalue weighted by Crippen LogP contribution is -2.31. The molecule has 1 heterocycles. The molecule has 0 aliphatic carbocycles. The fourth-order valence-corrected chi connectivity index (χ4v) is 3.34. The van der Waals surface area contributed by atoms with Crippen LogP contribution in [0.2, 0.25) is 0 Å². The van der Waals surface area contributed by atoms with E-state index in [-0.39, 0.29) is 12.5 Å². The summed E-state index contributed by atoms with van der Waals surface area (Å²) in [4.78, 5) is 13.3. The Morgan fingerprint density at radius 3 is 2.54 bits per heavy atom. The first-order valence-electron chi connectivity index (χ1n) is 8.37. The van der Waals surface area contributed by atoms with Crippen LogP contribution in [0.5, 0.6) is 5.75 Å². The molecule has 0 bridgehead atoms. The summed E-state index contributed by atoms with van der Waals surface area (Å²) < 4.78 is 5.81. The predicted molar refractivity (Wildman–Crippen MR) is 94.4 cm³/mol. The van der Waals surface area contributed by atoms with Crippen LogP contribution in [0.1, 0.15) is 25.3 Å². The first-order chi connectivity index (χ1) is 11.6. The molecule has 3 rings (SSSR count). The SMILES string of the molecule is CC1CC(CC(=O)O)N(c2ccc(OCc3ccccc3)cc2)C1. The summed E-state index contributed by atoms with van der Waals surface area (Å²) in [6.45, 7) is 3.62. The maximum Gasteiger partial charge on any atom is 0.305 e. The van der Waals surface area contributed by atoms with Crippen molar-refractivity contribution in [3.8, 4) is 5.75 Å². The number of carboxylic acid groups (broad SMARTS) is 1. The predicted octanol–water partition coefficient (Wildman–Crippen LogP) is 3.96. The number of hydrogen-bond donors (Lipinski definition) is 1. The Morgan fingerprint density at radius 1 is 1.17 bits per heavy atom. The first-order valence-corrected chi connectivity index (χ1v) is 8.37. The summed E-state index contributed by atoms with van der Waals surface area (Å²) in [7, 11) is 0. The van der Waals surface area contributed by atoms with Gasteiger partial charge in [0, 0.05) is 18.3 Å². The van der Waals surface area contributed by atoms with E-state index in [1.54, 1.807) is 0 Å². The van der Waals surface area contributed by atoms with Crippen molar-refractivity contribution in [3.05, 3.63) is 60.2 Å². The van der Waals surface area contributed by atoms with Gasteiger partial charge in [-0.3, -0.25) is 4.79 Å². The number of ether oxygens (including phenoxy) is 1. The first kappa shape index (κ1) is 16.4. The quantitative estimate of drug-likeness (QED) is 0.873. The van der Waals surface area contributed by atoms with Crippen LogP contribution in [-0.4, -0.2) is 23.7 Å². The highest BCUT2D eigenvalue weighted by Gasteiger charge is 2.31. The number of nitrogens with zero attached hydrogens (tertiary/aromatic N) is 1. The molecule has 2 atom stereocenters. The molecule has 1 N–H and O–H groups in total. The second kappa shape index (κ2) is 7.39. The monoisotopic (exact) mass is 325 g/mol. The normalized spacial score (nSPS) is 20.1. The van der Waals surface area contributed by atoms with E-state index in [0.717, 1.165) is 30.0 Å². The van der Waals surface area contributed by atoms with Crippen LogP contribution >= 0.6 is 0 Å². The molecule has 2 unspecified atom stereocenters. The van der Waals surface area contributed by atoms with E-state index in [1.807, 2.05) is 54.6 Å². The van der Waals surface area contributed by atoms with Gasteiger partial charge in [0.2, 0.25) is 0 Å². The van der Waals surface area contributed by atoms with Gasteiger partial charge in [-0.1, -0.05) is 37.3 Å². The molecular formula is C20H23NO3. The van der Waals surface area contributed by atoms with E-state index in [0.29, 0.717) is 12.5 Å². The smallest absolute Gasteiger partial charge is 0.305 e. The molecule has 126 valence electrons. The largest absolute Gasteiger partial charge is 0.489 e. The lowest BCUT2D eigenvalue weighted by molar-refractivity contribution is -0.137. The minimum atomic E-state index is -0.734. The molecule has 2 aromatic rings. The van der Waals surface area contributed by atoms with Crippen molar-refractivity contribution in [1.29, 1.82) is 0 Å². The molecule has 1 aliphatic rings. The van der Waals surface area contributed by atoms with Crippen LogP contribution in [0.15, 0.2) is 54.6 Å². The second-order valence-corrected chi connectivity index (χ2v) is 6.51. The minimum Gasteiger partial charge on any atom is -0.489 e. The average molecular weight is 325 g/mol. The summed E-state index contributed by atoms with van der Waals surface area (Å²) in [5.41, 5.74) is 2.20. The highest BCUT2D eigenvalue weighted by Crippen LogP contribution is 2.31. The van der Waals surface area contributed by atoms with Gasteiger partial charge in [0.15, 0.2) is 0 Å². The fraction of sp³-hybridized carbons (Fsp3) is 0.350. The molecule has 4 nitrogen and oxygen atoms in total. The maximum atomic E-state index is 11.1. The highest BCUT2D eigenvalue weighted by molar-refractivity contribution is 5.69. The zero-order valence-electron chi connectivity index (χ0n) is 13.9. The summed E-state index contributed by atoms with van der Waals surface area (Å²) in [6.07, 6.45) is 1.12. The molecule has 1 fully saturated rings. The van der Waals surface area contributed by atoms with Gasteiger partial charge in [-0.15, -0.1) is 0 Å². The van der Waals surface area contributed by atoms with Crippen molar-refractivity contribution < 1.29 is 14.6 Å². The van der Waals surface area contributed by atoms with Crippen molar-refractivity contribution in [2.75, 3.05) is 11.4 Å². The summed E-state index contributed by atoms with van der Waals surface area (Å²) in [6, 6.07) is 18.1. The van der Waals surface area contributed by atoms with Gasteiger partial charge in [0.05, 0.1) is 6.42 Å². The van der Waals surface area contributed by atoms with E-state index >= 15 is 0 Å².